The number of alkyl carbamates (subject to hydrolysis) is 1. The number of benzene rings is 2. The lowest BCUT2D eigenvalue weighted by atomic mass is 9.99. The molecule has 43 heavy (non-hydrogen) atoms. The summed E-state index contributed by atoms with van der Waals surface area (Å²) < 4.78 is 6.97. The maximum absolute atomic E-state index is 14.2. The molecule has 4 aromatic rings. The first-order chi connectivity index (χ1) is 20.4. The number of aromatic nitrogens is 4. The highest BCUT2D eigenvalue weighted by Gasteiger charge is 2.33. The molecule has 0 radical (unpaired) electrons. The van der Waals surface area contributed by atoms with E-state index in [1.807, 2.05) is 63.2 Å². The van der Waals surface area contributed by atoms with Crippen LogP contribution in [0.25, 0.3) is 11.2 Å². The molecule has 0 bridgehead atoms. The Morgan fingerprint density at radius 2 is 1.67 bits per heavy atom. The maximum Gasteiger partial charge on any atom is 0.407 e. The van der Waals surface area contributed by atoms with Gasteiger partial charge in [0, 0.05) is 31.0 Å². The number of fused-ring (bicyclic) bond motifs is 1. The van der Waals surface area contributed by atoms with Crippen LogP contribution in [0.15, 0.2) is 71.8 Å². The summed E-state index contributed by atoms with van der Waals surface area (Å²) in [5, 5.41) is 2.78. The number of hydrogen-bond donors (Lipinski definition) is 1. The molecule has 0 aliphatic heterocycles. The largest absolute Gasteiger partial charge is 0.444 e. The average Bonchev–Trinajstić information content (AvgIpc) is 2.96. The Labute approximate surface area is 252 Å². The predicted molar refractivity (Wildman–Crippen MR) is 166 cm³/mol. The van der Waals surface area contributed by atoms with Crippen molar-refractivity contribution in [2.24, 2.45) is 5.92 Å². The van der Waals surface area contributed by atoms with E-state index in [0.717, 1.165) is 11.1 Å². The average molecular weight is 585 g/mol. The third kappa shape index (κ3) is 8.03. The van der Waals surface area contributed by atoms with Gasteiger partial charge < -0.3 is 15.0 Å². The predicted octanol–water partition coefficient (Wildman–Crippen LogP) is 5.30. The Morgan fingerprint density at radius 3 is 2.33 bits per heavy atom. The van der Waals surface area contributed by atoms with Crippen LogP contribution in [0.5, 0.6) is 0 Å². The molecule has 0 saturated heterocycles. The second-order valence-corrected chi connectivity index (χ2v) is 11.9. The molecule has 10 heteroatoms. The number of nitrogens with one attached hydrogen (secondary N) is 1. The van der Waals surface area contributed by atoms with Gasteiger partial charge in [-0.3, -0.25) is 14.2 Å². The van der Waals surface area contributed by atoms with E-state index in [9.17, 15) is 14.4 Å². The van der Waals surface area contributed by atoms with E-state index in [2.05, 4.69) is 15.3 Å². The lowest BCUT2D eigenvalue weighted by Crippen LogP contribution is -2.43. The summed E-state index contributed by atoms with van der Waals surface area (Å²) in [5.74, 6) is 0.101. The molecule has 1 N–H and O–H groups in total. The van der Waals surface area contributed by atoms with Gasteiger partial charge in [-0.2, -0.15) is 0 Å². The van der Waals surface area contributed by atoms with Gasteiger partial charge in [-0.15, -0.1) is 0 Å². The van der Waals surface area contributed by atoms with Gasteiger partial charge >= 0.3 is 6.09 Å². The van der Waals surface area contributed by atoms with Crippen LogP contribution in [0, 0.1) is 12.8 Å². The fourth-order valence-electron chi connectivity index (χ4n) is 4.89. The Bertz CT molecular complexity index is 1610. The number of amides is 2. The fraction of sp³-hybridized carbons (Fsp3) is 0.394. The van der Waals surface area contributed by atoms with Crippen LogP contribution < -0.4 is 10.9 Å². The minimum absolute atomic E-state index is 0.128. The molecule has 2 aromatic carbocycles. The summed E-state index contributed by atoms with van der Waals surface area (Å²) in [5.41, 5.74) is 1.93. The Morgan fingerprint density at radius 1 is 1.00 bits per heavy atom. The van der Waals surface area contributed by atoms with Gasteiger partial charge in [-0.1, -0.05) is 61.9 Å². The van der Waals surface area contributed by atoms with Crippen LogP contribution in [-0.2, 0) is 11.3 Å². The van der Waals surface area contributed by atoms with E-state index < -0.39 is 17.7 Å². The van der Waals surface area contributed by atoms with Crippen molar-refractivity contribution in [1.82, 2.24) is 29.7 Å². The molecule has 4 rings (SSSR count). The van der Waals surface area contributed by atoms with Crippen molar-refractivity contribution in [1.29, 1.82) is 0 Å². The topological polar surface area (TPSA) is 119 Å². The summed E-state index contributed by atoms with van der Waals surface area (Å²) in [4.78, 5) is 55.6. The van der Waals surface area contributed by atoms with E-state index in [-0.39, 0.29) is 35.1 Å². The monoisotopic (exact) mass is 584 g/mol. The second-order valence-electron chi connectivity index (χ2n) is 11.9. The number of nitrogens with zero attached hydrogens (tertiary/aromatic N) is 5. The quantitative estimate of drug-likeness (QED) is 0.251. The number of aryl methyl sites for hydroxylation is 1. The number of rotatable bonds is 10. The van der Waals surface area contributed by atoms with E-state index in [1.54, 1.807) is 42.4 Å². The number of ether oxygens (including phenoxy) is 1. The van der Waals surface area contributed by atoms with E-state index in [4.69, 9.17) is 9.72 Å². The first-order valence-electron chi connectivity index (χ1n) is 14.5. The van der Waals surface area contributed by atoms with Crippen LogP contribution >= 0.6 is 0 Å². The van der Waals surface area contributed by atoms with E-state index in [1.165, 1.54) is 12.4 Å². The second kappa shape index (κ2) is 13.6. The standard InChI is InChI=1S/C33H40N6O4/c1-22(2)27(29-37-28-26(34-18-19-35-28)31(41)39(29)21-24-11-8-7-9-12-24)38(30(40)25-15-13-23(3)14-16-25)20-10-17-36-32(42)43-33(4,5)6/h7-9,11-16,18-19,22,27H,10,17,20-21H2,1-6H3,(H,36,42). The summed E-state index contributed by atoms with van der Waals surface area (Å²) in [7, 11) is 0. The molecule has 0 aliphatic rings. The first kappa shape index (κ1) is 31.3. The highest BCUT2D eigenvalue weighted by molar-refractivity contribution is 5.94. The third-order valence-corrected chi connectivity index (χ3v) is 6.84. The van der Waals surface area contributed by atoms with Crippen LogP contribution in [0.1, 0.15) is 74.4 Å². The van der Waals surface area contributed by atoms with Crippen molar-refractivity contribution >= 4 is 23.2 Å². The zero-order valence-electron chi connectivity index (χ0n) is 25.7. The van der Waals surface area contributed by atoms with E-state index >= 15 is 0 Å². The van der Waals surface area contributed by atoms with Gasteiger partial charge in [0.25, 0.3) is 11.5 Å². The maximum atomic E-state index is 14.2. The van der Waals surface area contributed by atoms with Gasteiger partial charge in [-0.05, 0) is 57.7 Å². The Kier molecular flexibility index (Phi) is 9.90. The van der Waals surface area contributed by atoms with Crippen LogP contribution in [0.3, 0.4) is 0 Å². The molecule has 2 aromatic heterocycles. The van der Waals surface area contributed by atoms with Crippen molar-refractivity contribution in [2.45, 2.75) is 66.2 Å². The first-order valence-corrected chi connectivity index (χ1v) is 14.5. The minimum Gasteiger partial charge on any atom is -0.444 e. The van der Waals surface area contributed by atoms with Crippen LogP contribution in [-0.4, -0.2) is 55.1 Å². The number of carbonyl (C=O) groups is 2. The van der Waals surface area contributed by atoms with Gasteiger partial charge in [-0.25, -0.2) is 19.7 Å². The summed E-state index contributed by atoms with van der Waals surface area (Å²) in [6.07, 6.45) is 2.91. The van der Waals surface area contributed by atoms with Crippen molar-refractivity contribution in [3.63, 3.8) is 0 Å². The molecule has 1 atom stereocenters. The van der Waals surface area contributed by atoms with Crippen LogP contribution in [0.4, 0.5) is 4.79 Å². The molecule has 0 aliphatic carbocycles. The SMILES string of the molecule is Cc1ccc(C(=O)N(CCCNC(=O)OC(C)(C)C)C(c2nc3nccnc3c(=O)n2Cc2ccccc2)C(C)C)cc1. The van der Waals surface area contributed by atoms with Crippen molar-refractivity contribution in [2.75, 3.05) is 13.1 Å². The zero-order valence-corrected chi connectivity index (χ0v) is 25.7. The van der Waals surface area contributed by atoms with Gasteiger partial charge in [0.2, 0.25) is 0 Å². The Hall–Kier alpha value is -4.60. The molecular weight excluding hydrogens is 544 g/mol. The number of hydrogen-bond acceptors (Lipinski definition) is 7. The zero-order chi connectivity index (χ0) is 31.1. The molecule has 2 heterocycles. The molecular formula is C33H40N6O4. The Balaban J connectivity index is 1.77. The van der Waals surface area contributed by atoms with Gasteiger partial charge in [0.15, 0.2) is 11.2 Å². The third-order valence-electron chi connectivity index (χ3n) is 6.84. The van der Waals surface area contributed by atoms with E-state index in [0.29, 0.717) is 30.9 Å². The fourth-order valence-corrected chi connectivity index (χ4v) is 4.89. The summed E-state index contributed by atoms with van der Waals surface area (Å²) in [6.45, 7) is 12.2. The molecule has 1 unspecified atom stereocenters. The molecule has 0 spiro atoms. The minimum atomic E-state index is -0.618. The normalized spacial score (nSPS) is 12.3. The van der Waals surface area contributed by atoms with Crippen molar-refractivity contribution < 1.29 is 14.3 Å². The van der Waals surface area contributed by atoms with Crippen molar-refractivity contribution in [3.8, 4) is 0 Å². The summed E-state index contributed by atoms with van der Waals surface area (Å²) in [6, 6.07) is 16.5. The lowest BCUT2D eigenvalue weighted by Gasteiger charge is -2.35. The van der Waals surface area contributed by atoms with Gasteiger partial charge in [0.05, 0.1) is 12.6 Å². The highest BCUT2D eigenvalue weighted by atomic mass is 16.6. The lowest BCUT2D eigenvalue weighted by molar-refractivity contribution is 0.0519. The number of carbonyl (C=O) groups excluding carboxylic acids is 2. The smallest absolute Gasteiger partial charge is 0.407 e. The van der Waals surface area contributed by atoms with Crippen molar-refractivity contribution in [3.05, 3.63) is 99.9 Å². The molecule has 226 valence electrons. The molecule has 10 nitrogen and oxygen atoms in total. The molecule has 0 fully saturated rings. The highest BCUT2D eigenvalue weighted by Crippen LogP contribution is 2.30. The molecule has 2 amide bonds. The van der Waals surface area contributed by atoms with Gasteiger partial charge in [0.1, 0.15) is 11.4 Å². The molecule has 0 saturated carbocycles. The van der Waals surface area contributed by atoms with Crippen LogP contribution in [0.2, 0.25) is 0 Å². The summed E-state index contributed by atoms with van der Waals surface area (Å²) >= 11 is 0.